The number of H-pyrrole nitrogens is 1. The summed E-state index contributed by atoms with van der Waals surface area (Å²) in [5.41, 5.74) is 0.297. The van der Waals surface area contributed by atoms with Crippen LogP contribution in [0.25, 0.3) is 0 Å². The minimum atomic E-state index is -0.233. The monoisotopic (exact) mass is 324 g/mol. The summed E-state index contributed by atoms with van der Waals surface area (Å²) in [6.45, 7) is 1.44. The highest BCUT2D eigenvalue weighted by molar-refractivity contribution is 6.33. The molecule has 0 bridgehead atoms. The van der Waals surface area contributed by atoms with Crippen molar-refractivity contribution in [3.05, 3.63) is 16.9 Å². The number of rotatable bonds is 3. The number of carbonyl (C=O) groups is 2. The average Bonchev–Trinajstić information content (AvgIpc) is 3.18. The van der Waals surface area contributed by atoms with Gasteiger partial charge >= 0.3 is 0 Å². The molecular weight excluding hydrogens is 304 g/mol. The average molecular weight is 325 g/mol. The van der Waals surface area contributed by atoms with Crippen molar-refractivity contribution in [2.24, 2.45) is 5.92 Å². The molecule has 0 atom stereocenters. The maximum atomic E-state index is 12.4. The minimum absolute atomic E-state index is 0.0829. The molecule has 1 saturated carbocycles. The number of hydrogen-bond donors (Lipinski definition) is 2. The molecule has 0 unspecified atom stereocenters. The summed E-state index contributed by atoms with van der Waals surface area (Å²) in [4.78, 5) is 26.4. The molecule has 0 spiro atoms. The van der Waals surface area contributed by atoms with Crippen molar-refractivity contribution >= 4 is 23.4 Å². The summed E-state index contributed by atoms with van der Waals surface area (Å²) < 4.78 is 0. The first-order chi connectivity index (χ1) is 10.6. The Hall–Kier alpha value is -1.56. The molecule has 1 aromatic heterocycles. The van der Waals surface area contributed by atoms with Gasteiger partial charge in [-0.05, 0) is 25.7 Å². The van der Waals surface area contributed by atoms with E-state index in [-0.39, 0.29) is 17.9 Å². The van der Waals surface area contributed by atoms with E-state index in [0.717, 1.165) is 38.8 Å². The van der Waals surface area contributed by atoms with E-state index in [4.69, 9.17) is 11.6 Å². The van der Waals surface area contributed by atoms with E-state index in [1.165, 1.54) is 19.0 Å². The van der Waals surface area contributed by atoms with E-state index >= 15 is 0 Å². The van der Waals surface area contributed by atoms with Gasteiger partial charge in [-0.25, -0.2) is 0 Å². The Morgan fingerprint density at radius 3 is 2.50 bits per heavy atom. The zero-order valence-electron chi connectivity index (χ0n) is 12.5. The second kappa shape index (κ2) is 6.69. The number of likely N-dealkylation sites (tertiary alicyclic amines) is 1. The summed E-state index contributed by atoms with van der Waals surface area (Å²) >= 11 is 5.88. The number of aromatic amines is 1. The van der Waals surface area contributed by atoms with Crippen molar-refractivity contribution in [3.63, 3.8) is 0 Å². The van der Waals surface area contributed by atoms with Crippen LogP contribution in [0.3, 0.4) is 0 Å². The van der Waals surface area contributed by atoms with Gasteiger partial charge in [0.15, 0.2) is 0 Å². The molecule has 2 heterocycles. The number of halogens is 1. The Kier molecular flexibility index (Phi) is 4.66. The van der Waals surface area contributed by atoms with Gasteiger partial charge in [0, 0.05) is 25.0 Å². The lowest BCUT2D eigenvalue weighted by Crippen LogP contribution is -2.47. The molecule has 1 saturated heterocycles. The molecule has 3 rings (SSSR count). The Morgan fingerprint density at radius 2 is 1.91 bits per heavy atom. The third-order valence-corrected chi connectivity index (χ3v) is 4.95. The predicted molar refractivity (Wildman–Crippen MR) is 82.6 cm³/mol. The van der Waals surface area contributed by atoms with Crippen molar-refractivity contribution in [1.82, 2.24) is 20.4 Å². The molecule has 2 N–H and O–H groups in total. The maximum Gasteiger partial charge on any atom is 0.271 e. The fourth-order valence-corrected chi connectivity index (χ4v) is 3.54. The molecule has 120 valence electrons. The molecule has 1 aliphatic heterocycles. The summed E-state index contributed by atoms with van der Waals surface area (Å²) in [6, 6.07) is 0.0829. The van der Waals surface area contributed by atoms with Crippen LogP contribution < -0.4 is 5.32 Å². The van der Waals surface area contributed by atoms with Gasteiger partial charge in [-0.2, -0.15) is 5.10 Å². The van der Waals surface area contributed by atoms with E-state index in [1.54, 1.807) is 0 Å². The van der Waals surface area contributed by atoms with Crippen molar-refractivity contribution < 1.29 is 9.59 Å². The van der Waals surface area contributed by atoms with Crippen LogP contribution in [0.2, 0.25) is 5.02 Å². The summed E-state index contributed by atoms with van der Waals surface area (Å²) in [5, 5.41) is 9.63. The third-order valence-electron chi connectivity index (χ3n) is 4.67. The number of amides is 2. The second-order valence-electron chi connectivity index (χ2n) is 6.15. The van der Waals surface area contributed by atoms with Crippen molar-refractivity contribution in [1.29, 1.82) is 0 Å². The Labute approximate surface area is 134 Å². The van der Waals surface area contributed by atoms with E-state index < -0.39 is 0 Å². The van der Waals surface area contributed by atoms with Crippen molar-refractivity contribution in [3.8, 4) is 0 Å². The highest BCUT2D eigenvalue weighted by Crippen LogP contribution is 2.27. The van der Waals surface area contributed by atoms with Gasteiger partial charge < -0.3 is 10.2 Å². The molecule has 0 radical (unpaired) electrons. The summed E-state index contributed by atoms with van der Waals surface area (Å²) in [7, 11) is 0. The van der Waals surface area contributed by atoms with E-state index in [1.807, 2.05) is 4.90 Å². The highest BCUT2D eigenvalue weighted by Gasteiger charge is 2.30. The molecule has 1 aromatic rings. The summed E-state index contributed by atoms with van der Waals surface area (Å²) in [5.74, 6) is 0.303. The Balaban J connectivity index is 1.48. The number of nitrogens with one attached hydrogen (secondary N) is 2. The molecule has 6 nitrogen and oxygen atoms in total. The number of piperidine rings is 1. The first kappa shape index (κ1) is 15.3. The SMILES string of the molecule is O=C(NC1CCN(C(=O)C2CCCC2)CC1)c1[nH]ncc1Cl. The smallest absolute Gasteiger partial charge is 0.271 e. The molecule has 22 heavy (non-hydrogen) atoms. The van der Waals surface area contributed by atoms with Crippen LogP contribution in [0.4, 0.5) is 0 Å². The van der Waals surface area contributed by atoms with Gasteiger partial charge in [-0.15, -0.1) is 0 Å². The van der Waals surface area contributed by atoms with Gasteiger partial charge in [0.2, 0.25) is 5.91 Å². The molecule has 2 fully saturated rings. The van der Waals surface area contributed by atoms with E-state index in [2.05, 4.69) is 15.5 Å². The number of nitrogens with zero attached hydrogens (tertiary/aromatic N) is 2. The molecule has 2 amide bonds. The maximum absolute atomic E-state index is 12.4. The quantitative estimate of drug-likeness (QED) is 0.892. The van der Waals surface area contributed by atoms with E-state index in [0.29, 0.717) is 16.6 Å². The number of hydrogen-bond acceptors (Lipinski definition) is 3. The van der Waals surface area contributed by atoms with Crippen LogP contribution >= 0.6 is 11.6 Å². The number of carbonyl (C=O) groups excluding carboxylic acids is 2. The van der Waals surface area contributed by atoms with Gasteiger partial charge in [0.1, 0.15) is 5.69 Å². The zero-order chi connectivity index (χ0) is 15.5. The first-order valence-electron chi connectivity index (χ1n) is 7.93. The fourth-order valence-electron chi connectivity index (χ4n) is 3.36. The molecule has 0 aromatic carbocycles. The van der Waals surface area contributed by atoms with Crippen LogP contribution in [0.15, 0.2) is 6.20 Å². The molecular formula is C15H21ClN4O2. The Bertz CT molecular complexity index is 545. The zero-order valence-corrected chi connectivity index (χ0v) is 13.2. The highest BCUT2D eigenvalue weighted by atomic mass is 35.5. The molecule has 1 aliphatic carbocycles. The topological polar surface area (TPSA) is 78.1 Å². The van der Waals surface area contributed by atoms with Crippen LogP contribution in [0.1, 0.15) is 49.0 Å². The largest absolute Gasteiger partial charge is 0.348 e. The lowest BCUT2D eigenvalue weighted by Gasteiger charge is -2.33. The van der Waals surface area contributed by atoms with Crippen molar-refractivity contribution in [2.45, 2.75) is 44.6 Å². The van der Waals surface area contributed by atoms with E-state index in [9.17, 15) is 9.59 Å². The van der Waals surface area contributed by atoms with Gasteiger partial charge in [-0.3, -0.25) is 14.7 Å². The third kappa shape index (κ3) is 3.27. The van der Waals surface area contributed by atoms with Crippen molar-refractivity contribution in [2.75, 3.05) is 13.1 Å². The van der Waals surface area contributed by atoms with Crippen LogP contribution in [0.5, 0.6) is 0 Å². The fraction of sp³-hybridized carbons (Fsp3) is 0.667. The molecule has 2 aliphatic rings. The van der Waals surface area contributed by atoms with Crippen LogP contribution in [0, 0.1) is 5.92 Å². The number of aromatic nitrogens is 2. The van der Waals surface area contributed by atoms with Crippen LogP contribution in [-0.4, -0.2) is 46.0 Å². The first-order valence-corrected chi connectivity index (χ1v) is 8.31. The normalized spacial score (nSPS) is 20.3. The minimum Gasteiger partial charge on any atom is -0.348 e. The Morgan fingerprint density at radius 1 is 1.23 bits per heavy atom. The second-order valence-corrected chi connectivity index (χ2v) is 6.55. The van der Waals surface area contributed by atoms with Crippen LogP contribution in [-0.2, 0) is 4.79 Å². The lowest BCUT2D eigenvalue weighted by molar-refractivity contribution is -0.136. The van der Waals surface area contributed by atoms with Gasteiger partial charge in [0.05, 0.1) is 11.2 Å². The van der Waals surface area contributed by atoms with Gasteiger partial charge in [-0.1, -0.05) is 24.4 Å². The summed E-state index contributed by atoms with van der Waals surface area (Å²) in [6.07, 6.45) is 7.41. The van der Waals surface area contributed by atoms with Gasteiger partial charge in [0.25, 0.3) is 5.91 Å². The predicted octanol–water partition coefficient (Wildman–Crippen LogP) is 1.97. The standard InChI is InChI=1S/C15H21ClN4O2/c16-12-9-17-19-13(12)14(21)18-11-5-7-20(8-6-11)15(22)10-3-1-2-4-10/h9-11H,1-8H2,(H,17,19)(H,18,21). The molecule has 7 heteroatoms. The lowest BCUT2D eigenvalue weighted by atomic mass is 10.0.